The molecule has 0 aliphatic carbocycles. The van der Waals surface area contributed by atoms with Crippen molar-refractivity contribution in [2.24, 2.45) is 0 Å². The van der Waals surface area contributed by atoms with E-state index in [-0.39, 0.29) is 6.04 Å². The molecule has 0 amide bonds. The Morgan fingerprint density at radius 3 is 2.65 bits per heavy atom. The summed E-state index contributed by atoms with van der Waals surface area (Å²) >= 11 is 0. The first-order valence-corrected chi connectivity index (χ1v) is 6.60. The molecule has 1 heterocycles. The molecule has 0 spiro atoms. The quantitative estimate of drug-likeness (QED) is 0.878. The van der Waals surface area contributed by atoms with Crippen LogP contribution in [-0.2, 0) is 6.54 Å². The summed E-state index contributed by atoms with van der Waals surface area (Å²) in [5.74, 6) is 1.68. The monoisotopic (exact) mass is 272 g/mol. The van der Waals surface area contributed by atoms with Crippen LogP contribution in [0.4, 0.5) is 0 Å². The summed E-state index contributed by atoms with van der Waals surface area (Å²) in [6, 6.07) is 11.9. The lowest BCUT2D eigenvalue weighted by Crippen LogP contribution is -2.19. The van der Waals surface area contributed by atoms with Gasteiger partial charge in [0, 0.05) is 24.3 Å². The lowest BCUT2D eigenvalue weighted by Gasteiger charge is -2.18. The SMILES string of the molecule is COc1ccc(OC)c(C(C)NCc2ccccn2)c1. The number of pyridine rings is 1. The highest BCUT2D eigenvalue weighted by Crippen LogP contribution is 2.29. The summed E-state index contributed by atoms with van der Waals surface area (Å²) in [5.41, 5.74) is 2.09. The van der Waals surface area contributed by atoms with E-state index >= 15 is 0 Å². The Bertz CT molecular complexity index is 543. The second kappa shape index (κ2) is 6.91. The number of aromatic nitrogens is 1. The molecule has 2 rings (SSSR count). The third kappa shape index (κ3) is 3.48. The van der Waals surface area contributed by atoms with Crippen LogP contribution in [-0.4, -0.2) is 19.2 Å². The molecular formula is C16H20N2O2. The van der Waals surface area contributed by atoms with Gasteiger partial charge in [0.2, 0.25) is 0 Å². The minimum atomic E-state index is 0.141. The number of hydrogen-bond donors (Lipinski definition) is 1. The van der Waals surface area contributed by atoms with Crippen LogP contribution >= 0.6 is 0 Å². The summed E-state index contributed by atoms with van der Waals surface area (Å²) in [4.78, 5) is 4.30. The molecule has 4 heteroatoms. The Balaban J connectivity index is 2.09. The minimum Gasteiger partial charge on any atom is -0.497 e. The number of benzene rings is 1. The molecule has 106 valence electrons. The van der Waals surface area contributed by atoms with Crippen molar-refractivity contribution in [2.75, 3.05) is 14.2 Å². The lowest BCUT2D eigenvalue weighted by molar-refractivity contribution is 0.391. The van der Waals surface area contributed by atoms with E-state index in [1.54, 1.807) is 20.4 Å². The average Bonchev–Trinajstić information content (AvgIpc) is 2.52. The molecule has 0 saturated heterocycles. The van der Waals surface area contributed by atoms with E-state index in [2.05, 4.69) is 17.2 Å². The van der Waals surface area contributed by atoms with Crippen LogP contribution in [0, 0.1) is 0 Å². The zero-order valence-corrected chi connectivity index (χ0v) is 12.1. The average molecular weight is 272 g/mol. The Morgan fingerprint density at radius 2 is 2.00 bits per heavy atom. The summed E-state index contributed by atoms with van der Waals surface area (Å²) in [6.07, 6.45) is 1.80. The maximum absolute atomic E-state index is 5.41. The van der Waals surface area contributed by atoms with Crippen molar-refractivity contribution in [2.45, 2.75) is 19.5 Å². The first kappa shape index (κ1) is 14.3. The van der Waals surface area contributed by atoms with Crippen LogP contribution in [0.15, 0.2) is 42.6 Å². The summed E-state index contributed by atoms with van der Waals surface area (Å²) in [5, 5.41) is 3.44. The van der Waals surface area contributed by atoms with Gasteiger partial charge in [0.05, 0.1) is 19.9 Å². The van der Waals surface area contributed by atoms with E-state index in [0.717, 1.165) is 22.8 Å². The first-order valence-electron chi connectivity index (χ1n) is 6.60. The van der Waals surface area contributed by atoms with Crippen molar-refractivity contribution in [1.29, 1.82) is 0 Å². The molecule has 1 atom stereocenters. The molecule has 0 fully saturated rings. The van der Waals surface area contributed by atoms with Crippen LogP contribution < -0.4 is 14.8 Å². The molecule has 4 nitrogen and oxygen atoms in total. The van der Waals surface area contributed by atoms with E-state index < -0.39 is 0 Å². The Hall–Kier alpha value is -2.07. The van der Waals surface area contributed by atoms with Crippen LogP contribution in [0.5, 0.6) is 11.5 Å². The second-order valence-corrected chi connectivity index (χ2v) is 4.53. The smallest absolute Gasteiger partial charge is 0.123 e. The molecule has 1 aromatic carbocycles. The summed E-state index contributed by atoms with van der Waals surface area (Å²) < 4.78 is 10.7. The lowest BCUT2D eigenvalue weighted by atomic mass is 10.1. The standard InChI is InChI=1S/C16H20N2O2/c1-12(18-11-13-6-4-5-9-17-13)15-10-14(19-2)7-8-16(15)20-3/h4-10,12,18H,11H2,1-3H3. The van der Waals surface area contributed by atoms with Crippen LogP contribution in [0.3, 0.4) is 0 Å². The number of nitrogens with one attached hydrogen (secondary N) is 1. The van der Waals surface area contributed by atoms with Gasteiger partial charge < -0.3 is 14.8 Å². The normalized spacial score (nSPS) is 11.9. The molecular weight excluding hydrogens is 252 g/mol. The van der Waals surface area contributed by atoms with Crippen LogP contribution in [0.25, 0.3) is 0 Å². The molecule has 0 aliphatic heterocycles. The molecule has 1 N–H and O–H groups in total. The van der Waals surface area contributed by atoms with E-state index in [1.807, 2.05) is 36.4 Å². The number of nitrogens with zero attached hydrogens (tertiary/aromatic N) is 1. The molecule has 20 heavy (non-hydrogen) atoms. The Morgan fingerprint density at radius 1 is 1.15 bits per heavy atom. The Kier molecular flexibility index (Phi) is 4.96. The van der Waals surface area contributed by atoms with Gasteiger partial charge in [-0.3, -0.25) is 4.98 Å². The van der Waals surface area contributed by atoms with Crippen molar-refractivity contribution in [3.05, 3.63) is 53.9 Å². The number of hydrogen-bond acceptors (Lipinski definition) is 4. The molecule has 1 unspecified atom stereocenters. The van der Waals surface area contributed by atoms with Gasteiger partial charge in [0.25, 0.3) is 0 Å². The molecule has 0 saturated carbocycles. The highest BCUT2D eigenvalue weighted by Gasteiger charge is 2.12. The summed E-state index contributed by atoms with van der Waals surface area (Å²) in [6.45, 7) is 2.81. The van der Waals surface area contributed by atoms with Gasteiger partial charge in [-0.25, -0.2) is 0 Å². The highest BCUT2D eigenvalue weighted by atomic mass is 16.5. The summed E-state index contributed by atoms with van der Waals surface area (Å²) in [7, 11) is 3.34. The number of ether oxygens (including phenoxy) is 2. The van der Waals surface area contributed by atoms with E-state index in [4.69, 9.17) is 9.47 Å². The van der Waals surface area contributed by atoms with Crippen molar-refractivity contribution in [1.82, 2.24) is 10.3 Å². The predicted octanol–water partition coefficient (Wildman–Crippen LogP) is 2.95. The van der Waals surface area contributed by atoms with Crippen molar-refractivity contribution < 1.29 is 9.47 Å². The third-order valence-electron chi connectivity index (χ3n) is 3.22. The molecule has 0 bridgehead atoms. The maximum Gasteiger partial charge on any atom is 0.123 e. The zero-order valence-electron chi connectivity index (χ0n) is 12.1. The first-order chi connectivity index (χ1) is 9.74. The van der Waals surface area contributed by atoms with Gasteiger partial charge in [-0.05, 0) is 37.3 Å². The third-order valence-corrected chi connectivity index (χ3v) is 3.22. The zero-order chi connectivity index (χ0) is 14.4. The van der Waals surface area contributed by atoms with Gasteiger partial charge >= 0.3 is 0 Å². The van der Waals surface area contributed by atoms with Gasteiger partial charge in [0.15, 0.2) is 0 Å². The maximum atomic E-state index is 5.41. The van der Waals surface area contributed by atoms with Gasteiger partial charge in [-0.15, -0.1) is 0 Å². The molecule has 2 aromatic rings. The fourth-order valence-electron chi connectivity index (χ4n) is 2.05. The second-order valence-electron chi connectivity index (χ2n) is 4.53. The number of rotatable bonds is 6. The van der Waals surface area contributed by atoms with Crippen LogP contribution in [0.1, 0.15) is 24.2 Å². The van der Waals surface area contributed by atoms with Crippen molar-refractivity contribution in [3.8, 4) is 11.5 Å². The van der Waals surface area contributed by atoms with Crippen LogP contribution in [0.2, 0.25) is 0 Å². The van der Waals surface area contributed by atoms with E-state index in [0.29, 0.717) is 6.54 Å². The molecule has 0 radical (unpaired) electrons. The fourth-order valence-corrected chi connectivity index (χ4v) is 2.05. The fraction of sp³-hybridized carbons (Fsp3) is 0.312. The minimum absolute atomic E-state index is 0.141. The highest BCUT2D eigenvalue weighted by molar-refractivity contribution is 5.42. The van der Waals surface area contributed by atoms with Gasteiger partial charge in [0.1, 0.15) is 11.5 Å². The van der Waals surface area contributed by atoms with Gasteiger partial charge in [-0.1, -0.05) is 6.07 Å². The Labute approximate surface area is 119 Å². The molecule has 0 aliphatic rings. The van der Waals surface area contributed by atoms with Gasteiger partial charge in [-0.2, -0.15) is 0 Å². The largest absolute Gasteiger partial charge is 0.497 e. The van der Waals surface area contributed by atoms with E-state index in [9.17, 15) is 0 Å². The number of methoxy groups -OCH3 is 2. The van der Waals surface area contributed by atoms with Crippen molar-refractivity contribution >= 4 is 0 Å². The van der Waals surface area contributed by atoms with E-state index in [1.165, 1.54) is 0 Å². The topological polar surface area (TPSA) is 43.4 Å². The molecule has 1 aromatic heterocycles. The van der Waals surface area contributed by atoms with Crippen molar-refractivity contribution in [3.63, 3.8) is 0 Å². The predicted molar refractivity (Wildman–Crippen MR) is 79.0 cm³/mol.